The first-order chi connectivity index (χ1) is 11.5. The first-order valence-corrected chi connectivity index (χ1v) is 8.76. The summed E-state index contributed by atoms with van der Waals surface area (Å²) in [6.07, 6.45) is 0.320. The average molecular weight is 340 g/mol. The van der Waals surface area contributed by atoms with Gasteiger partial charge in [0.2, 0.25) is 5.91 Å². The van der Waals surface area contributed by atoms with Crippen LogP contribution in [0.15, 0.2) is 36.4 Å². The number of carbonyl (C=O) groups is 1. The maximum atomic E-state index is 12.2. The molecule has 0 radical (unpaired) electrons. The molecule has 0 fully saturated rings. The third kappa shape index (κ3) is 3.74. The van der Waals surface area contributed by atoms with Crippen molar-refractivity contribution in [2.24, 2.45) is 0 Å². The topological polar surface area (TPSA) is 51.2 Å². The molecule has 0 unspecified atom stereocenters. The number of anilines is 1. The molecule has 0 aliphatic carbocycles. The molecule has 0 aliphatic rings. The van der Waals surface area contributed by atoms with Gasteiger partial charge in [0.15, 0.2) is 5.13 Å². The average Bonchev–Trinajstić information content (AvgIpc) is 2.92. The number of aryl methyl sites for hydroxylation is 2. The van der Waals surface area contributed by atoms with Crippen LogP contribution in [0.3, 0.4) is 0 Å². The second kappa shape index (κ2) is 7.01. The van der Waals surface area contributed by atoms with E-state index < -0.39 is 0 Å². The fraction of sp³-hybridized carbons (Fsp3) is 0.263. The smallest absolute Gasteiger partial charge is 0.230 e. The van der Waals surface area contributed by atoms with E-state index in [1.54, 1.807) is 0 Å². The van der Waals surface area contributed by atoms with E-state index in [9.17, 15) is 4.79 Å². The largest absolute Gasteiger partial charge is 0.494 e. The third-order valence-electron chi connectivity index (χ3n) is 3.67. The van der Waals surface area contributed by atoms with Crippen LogP contribution in [-0.4, -0.2) is 17.5 Å². The Hall–Kier alpha value is -2.40. The Labute approximate surface area is 145 Å². The summed E-state index contributed by atoms with van der Waals surface area (Å²) in [6, 6.07) is 11.8. The minimum atomic E-state index is -0.0624. The highest BCUT2D eigenvalue weighted by molar-refractivity contribution is 7.22. The lowest BCUT2D eigenvalue weighted by atomic mass is 10.1. The normalized spacial score (nSPS) is 10.8. The van der Waals surface area contributed by atoms with Gasteiger partial charge in [-0.05, 0) is 55.7 Å². The van der Waals surface area contributed by atoms with Crippen molar-refractivity contribution >= 4 is 32.6 Å². The monoisotopic (exact) mass is 340 g/mol. The fourth-order valence-electron chi connectivity index (χ4n) is 2.65. The first-order valence-electron chi connectivity index (χ1n) is 7.94. The van der Waals surface area contributed by atoms with Crippen molar-refractivity contribution in [3.05, 3.63) is 53.1 Å². The van der Waals surface area contributed by atoms with Gasteiger partial charge in [0.1, 0.15) is 5.75 Å². The van der Waals surface area contributed by atoms with Gasteiger partial charge in [-0.15, -0.1) is 0 Å². The Kier molecular flexibility index (Phi) is 4.81. The lowest BCUT2D eigenvalue weighted by molar-refractivity contribution is -0.115. The fourth-order valence-corrected chi connectivity index (χ4v) is 3.58. The number of rotatable bonds is 5. The molecule has 3 rings (SSSR count). The summed E-state index contributed by atoms with van der Waals surface area (Å²) in [6.45, 7) is 6.70. The highest BCUT2D eigenvalue weighted by Gasteiger charge is 2.10. The van der Waals surface area contributed by atoms with Gasteiger partial charge in [-0.2, -0.15) is 0 Å². The molecule has 0 atom stereocenters. The molecule has 0 bridgehead atoms. The molecule has 1 amide bonds. The van der Waals surface area contributed by atoms with Crippen LogP contribution >= 0.6 is 11.3 Å². The van der Waals surface area contributed by atoms with Gasteiger partial charge >= 0.3 is 0 Å². The Balaban J connectivity index is 1.69. The van der Waals surface area contributed by atoms with Gasteiger partial charge < -0.3 is 10.1 Å². The number of thiazole rings is 1. The summed E-state index contributed by atoms with van der Waals surface area (Å²) in [5, 5.41) is 3.55. The molecule has 5 heteroatoms. The van der Waals surface area contributed by atoms with Crippen LogP contribution in [0.5, 0.6) is 5.75 Å². The molecular weight excluding hydrogens is 320 g/mol. The van der Waals surface area contributed by atoms with Crippen molar-refractivity contribution < 1.29 is 9.53 Å². The molecule has 1 N–H and O–H groups in total. The van der Waals surface area contributed by atoms with Crippen LogP contribution in [0.1, 0.15) is 23.6 Å². The lowest BCUT2D eigenvalue weighted by Crippen LogP contribution is -2.14. The molecule has 1 heterocycles. The number of aromatic nitrogens is 1. The molecule has 0 aliphatic heterocycles. The Morgan fingerprint density at radius 3 is 2.67 bits per heavy atom. The molecule has 124 valence electrons. The van der Waals surface area contributed by atoms with Crippen molar-refractivity contribution in [3.8, 4) is 5.75 Å². The summed E-state index contributed by atoms with van der Waals surface area (Å²) in [7, 11) is 0. The summed E-state index contributed by atoms with van der Waals surface area (Å²) >= 11 is 1.52. The van der Waals surface area contributed by atoms with E-state index in [4.69, 9.17) is 4.74 Å². The molecule has 1 aromatic heterocycles. The van der Waals surface area contributed by atoms with Crippen molar-refractivity contribution in [2.45, 2.75) is 27.2 Å². The van der Waals surface area contributed by atoms with Crippen molar-refractivity contribution in [1.82, 2.24) is 4.98 Å². The predicted molar refractivity (Wildman–Crippen MR) is 99.0 cm³/mol. The quantitative estimate of drug-likeness (QED) is 0.744. The summed E-state index contributed by atoms with van der Waals surface area (Å²) in [5.41, 5.74) is 4.25. The standard InChI is InChI=1S/C19H20N2O2S/c1-4-23-15-7-5-14(6-8-15)11-17(22)21-19-20-16-10-12(2)9-13(3)18(16)24-19/h5-10H,4,11H2,1-3H3,(H,20,21,22). The zero-order valence-corrected chi connectivity index (χ0v) is 14.9. The Bertz CT molecular complexity index is 869. The summed E-state index contributed by atoms with van der Waals surface area (Å²) in [4.78, 5) is 16.8. The van der Waals surface area contributed by atoms with Crippen molar-refractivity contribution in [2.75, 3.05) is 11.9 Å². The molecule has 4 nitrogen and oxygen atoms in total. The zero-order valence-electron chi connectivity index (χ0n) is 14.1. The molecule has 2 aromatic carbocycles. The van der Waals surface area contributed by atoms with Gasteiger partial charge in [-0.3, -0.25) is 4.79 Å². The molecular formula is C19H20N2O2S. The second-order valence-electron chi connectivity index (χ2n) is 5.75. The minimum Gasteiger partial charge on any atom is -0.494 e. The van der Waals surface area contributed by atoms with Crippen LogP contribution in [0.2, 0.25) is 0 Å². The number of carbonyl (C=O) groups excluding carboxylic acids is 1. The number of nitrogens with zero attached hydrogens (tertiary/aromatic N) is 1. The highest BCUT2D eigenvalue weighted by Crippen LogP contribution is 2.29. The zero-order chi connectivity index (χ0) is 17.1. The van der Waals surface area contributed by atoms with E-state index >= 15 is 0 Å². The number of ether oxygens (including phenoxy) is 1. The lowest BCUT2D eigenvalue weighted by Gasteiger charge is -2.05. The highest BCUT2D eigenvalue weighted by atomic mass is 32.1. The summed E-state index contributed by atoms with van der Waals surface area (Å²) in [5.74, 6) is 0.756. The van der Waals surface area contributed by atoms with E-state index in [1.807, 2.05) is 37.3 Å². The van der Waals surface area contributed by atoms with E-state index in [0.29, 0.717) is 18.2 Å². The number of nitrogens with one attached hydrogen (secondary N) is 1. The van der Waals surface area contributed by atoms with E-state index in [-0.39, 0.29) is 5.91 Å². The minimum absolute atomic E-state index is 0.0624. The molecule has 0 saturated carbocycles. The van der Waals surface area contributed by atoms with Crippen LogP contribution in [0, 0.1) is 13.8 Å². The maximum Gasteiger partial charge on any atom is 0.230 e. The number of hydrogen-bond donors (Lipinski definition) is 1. The SMILES string of the molecule is CCOc1ccc(CC(=O)Nc2nc3cc(C)cc(C)c3s2)cc1. The van der Waals surface area contributed by atoms with Crippen LogP contribution < -0.4 is 10.1 Å². The number of fused-ring (bicyclic) bond motifs is 1. The van der Waals surface area contributed by atoms with Crippen LogP contribution in [0.4, 0.5) is 5.13 Å². The van der Waals surface area contributed by atoms with E-state index in [2.05, 4.69) is 30.2 Å². The molecule has 0 saturated heterocycles. The van der Waals surface area contributed by atoms with Gasteiger partial charge in [0, 0.05) is 0 Å². The molecule has 0 spiro atoms. The van der Waals surface area contributed by atoms with E-state index in [1.165, 1.54) is 22.5 Å². The van der Waals surface area contributed by atoms with Gasteiger partial charge in [0.05, 0.1) is 23.2 Å². The molecule has 24 heavy (non-hydrogen) atoms. The Morgan fingerprint density at radius 2 is 1.96 bits per heavy atom. The maximum absolute atomic E-state index is 12.2. The third-order valence-corrected chi connectivity index (χ3v) is 4.79. The van der Waals surface area contributed by atoms with Crippen molar-refractivity contribution in [3.63, 3.8) is 0 Å². The predicted octanol–water partition coefficient (Wildman–Crippen LogP) is 4.49. The van der Waals surface area contributed by atoms with Gasteiger partial charge in [0.25, 0.3) is 0 Å². The number of hydrogen-bond acceptors (Lipinski definition) is 4. The first kappa shape index (κ1) is 16.5. The number of benzene rings is 2. The Morgan fingerprint density at radius 1 is 1.21 bits per heavy atom. The second-order valence-corrected chi connectivity index (χ2v) is 6.75. The van der Waals surface area contributed by atoms with E-state index in [0.717, 1.165) is 21.5 Å². The van der Waals surface area contributed by atoms with Gasteiger partial charge in [-0.25, -0.2) is 4.98 Å². The van der Waals surface area contributed by atoms with Crippen LogP contribution in [0.25, 0.3) is 10.2 Å². The van der Waals surface area contributed by atoms with Gasteiger partial charge in [-0.1, -0.05) is 29.5 Å². The van der Waals surface area contributed by atoms with Crippen LogP contribution in [-0.2, 0) is 11.2 Å². The van der Waals surface area contributed by atoms with Crippen molar-refractivity contribution in [1.29, 1.82) is 0 Å². The summed E-state index contributed by atoms with van der Waals surface area (Å²) < 4.78 is 6.53. The number of amides is 1. The molecule has 3 aromatic rings.